The van der Waals surface area contributed by atoms with Crippen molar-refractivity contribution in [2.45, 2.75) is 19.3 Å². The zero-order valence-electron chi connectivity index (χ0n) is 8.23. The van der Waals surface area contributed by atoms with Gasteiger partial charge < -0.3 is 10.1 Å². The molecule has 0 saturated heterocycles. The SMILES string of the molecule is CC1OC(C=O)Nc2ccc(C#N)cc21. The Labute approximate surface area is 87.5 Å². The number of hydrogen-bond acceptors (Lipinski definition) is 4. The maximum atomic E-state index is 10.6. The van der Waals surface area contributed by atoms with Gasteiger partial charge in [-0.05, 0) is 25.1 Å². The number of carbonyl (C=O) groups is 1. The summed E-state index contributed by atoms with van der Waals surface area (Å²) in [6, 6.07) is 7.35. The van der Waals surface area contributed by atoms with Gasteiger partial charge in [-0.1, -0.05) is 0 Å². The van der Waals surface area contributed by atoms with Crippen molar-refractivity contribution in [1.82, 2.24) is 0 Å². The van der Waals surface area contributed by atoms with E-state index in [-0.39, 0.29) is 6.10 Å². The number of nitriles is 1. The van der Waals surface area contributed by atoms with Crippen molar-refractivity contribution in [1.29, 1.82) is 5.26 Å². The van der Waals surface area contributed by atoms with Crippen LogP contribution in [0.3, 0.4) is 0 Å². The monoisotopic (exact) mass is 202 g/mol. The highest BCUT2D eigenvalue weighted by atomic mass is 16.5. The van der Waals surface area contributed by atoms with Crippen LogP contribution in [-0.4, -0.2) is 12.5 Å². The summed E-state index contributed by atoms with van der Waals surface area (Å²) in [4.78, 5) is 10.6. The summed E-state index contributed by atoms with van der Waals surface area (Å²) in [5, 5.41) is 11.7. The van der Waals surface area contributed by atoms with E-state index in [0.717, 1.165) is 17.5 Å². The Kier molecular flexibility index (Phi) is 2.40. The van der Waals surface area contributed by atoms with E-state index < -0.39 is 6.23 Å². The number of nitrogens with zero attached hydrogens (tertiary/aromatic N) is 1. The molecular weight excluding hydrogens is 192 g/mol. The van der Waals surface area contributed by atoms with E-state index >= 15 is 0 Å². The maximum Gasteiger partial charge on any atom is 0.185 e. The standard InChI is InChI=1S/C11H10N2O2/c1-7-9-4-8(5-12)2-3-10(9)13-11(6-14)15-7/h2-4,6-7,11,13H,1H3. The first-order valence-electron chi connectivity index (χ1n) is 4.66. The molecule has 15 heavy (non-hydrogen) atoms. The van der Waals surface area contributed by atoms with Gasteiger partial charge in [0, 0.05) is 11.3 Å². The van der Waals surface area contributed by atoms with Gasteiger partial charge in [-0.2, -0.15) is 5.26 Å². The smallest absolute Gasteiger partial charge is 0.185 e. The van der Waals surface area contributed by atoms with Gasteiger partial charge in [-0.3, -0.25) is 4.79 Å². The van der Waals surface area contributed by atoms with Gasteiger partial charge in [0.15, 0.2) is 12.5 Å². The summed E-state index contributed by atoms with van der Waals surface area (Å²) in [6.07, 6.45) is -0.0531. The van der Waals surface area contributed by atoms with Gasteiger partial charge in [0.2, 0.25) is 0 Å². The van der Waals surface area contributed by atoms with Gasteiger partial charge in [-0.25, -0.2) is 0 Å². The molecule has 0 aromatic heterocycles. The topological polar surface area (TPSA) is 62.1 Å². The number of aldehydes is 1. The van der Waals surface area contributed by atoms with Crippen molar-refractivity contribution in [3.05, 3.63) is 29.3 Å². The third kappa shape index (κ3) is 1.69. The van der Waals surface area contributed by atoms with Gasteiger partial charge in [0.05, 0.1) is 17.7 Å². The Balaban J connectivity index is 2.41. The number of anilines is 1. The Morgan fingerprint density at radius 2 is 2.40 bits per heavy atom. The summed E-state index contributed by atoms with van der Waals surface area (Å²) >= 11 is 0. The molecule has 1 N–H and O–H groups in total. The highest BCUT2D eigenvalue weighted by molar-refractivity contribution is 5.67. The van der Waals surface area contributed by atoms with E-state index in [9.17, 15) is 4.79 Å². The normalized spacial score (nSPS) is 23.5. The van der Waals surface area contributed by atoms with Crippen LogP contribution in [-0.2, 0) is 9.53 Å². The zero-order valence-corrected chi connectivity index (χ0v) is 8.23. The first-order valence-corrected chi connectivity index (χ1v) is 4.66. The Hall–Kier alpha value is -1.86. The fourth-order valence-electron chi connectivity index (χ4n) is 1.65. The van der Waals surface area contributed by atoms with Crippen LogP contribution in [0.5, 0.6) is 0 Å². The second-order valence-corrected chi connectivity index (χ2v) is 3.39. The van der Waals surface area contributed by atoms with E-state index in [1.807, 2.05) is 6.92 Å². The molecule has 0 aliphatic carbocycles. The molecule has 1 heterocycles. The number of benzene rings is 1. The fourth-order valence-corrected chi connectivity index (χ4v) is 1.65. The van der Waals surface area contributed by atoms with E-state index in [1.165, 1.54) is 0 Å². The molecule has 0 spiro atoms. The number of nitrogens with one attached hydrogen (secondary N) is 1. The molecule has 0 fully saturated rings. The largest absolute Gasteiger partial charge is 0.354 e. The van der Waals surface area contributed by atoms with E-state index in [0.29, 0.717) is 5.56 Å². The predicted octanol–water partition coefficient (Wildman–Crippen LogP) is 1.59. The number of fused-ring (bicyclic) bond motifs is 1. The molecule has 2 rings (SSSR count). The average Bonchev–Trinajstić information content (AvgIpc) is 2.28. The lowest BCUT2D eigenvalue weighted by atomic mass is 10.0. The van der Waals surface area contributed by atoms with E-state index in [1.54, 1.807) is 18.2 Å². The fraction of sp³-hybridized carbons (Fsp3) is 0.273. The molecular formula is C11H10N2O2. The van der Waals surface area contributed by atoms with Gasteiger partial charge >= 0.3 is 0 Å². The molecule has 4 heteroatoms. The van der Waals surface area contributed by atoms with Crippen LogP contribution < -0.4 is 5.32 Å². The number of hydrogen-bond donors (Lipinski definition) is 1. The predicted molar refractivity (Wildman–Crippen MR) is 54.1 cm³/mol. The average molecular weight is 202 g/mol. The summed E-state index contributed by atoms with van der Waals surface area (Å²) in [6.45, 7) is 1.86. The third-order valence-electron chi connectivity index (χ3n) is 2.39. The van der Waals surface area contributed by atoms with Crippen molar-refractivity contribution in [2.75, 3.05) is 5.32 Å². The van der Waals surface area contributed by atoms with Crippen molar-refractivity contribution in [3.63, 3.8) is 0 Å². The van der Waals surface area contributed by atoms with Crippen LogP contribution in [0, 0.1) is 11.3 Å². The highest BCUT2D eigenvalue weighted by Crippen LogP contribution is 2.31. The lowest BCUT2D eigenvalue weighted by molar-refractivity contribution is -0.120. The van der Waals surface area contributed by atoms with E-state index in [2.05, 4.69) is 11.4 Å². The third-order valence-corrected chi connectivity index (χ3v) is 2.39. The van der Waals surface area contributed by atoms with Gasteiger partial charge in [-0.15, -0.1) is 0 Å². The minimum atomic E-state index is -0.597. The number of rotatable bonds is 1. The Morgan fingerprint density at radius 3 is 3.07 bits per heavy atom. The minimum Gasteiger partial charge on any atom is -0.354 e. The first-order chi connectivity index (χ1) is 7.24. The summed E-state index contributed by atoms with van der Waals surface area (Å²) in [7, 11) is 0. The molecule has 2 atom stereocenters. The molecule has 1 aromatic rings. The molecule has 0 bridgehead atoms. The number of carbonyl (C=O) groups excluding carboxylic acids is 1. The molecule has 1 aliphatic heterocycles. The quantitative estimate of drug-likeness (QED) is 0.702. The second kappa shape index (κ2) is 3.71. The Morgan fingerprint density at radius 1 is 1.60 bits per heavy atom. The molecule has 0 radical (unpaired) electrons. The minimum absolute atomic E-state index is 0.176. The molecule has 1 aliphatic rings. The van der Waals surface area contributed by atoms with Crippen LogP contribution in [0.1, 0.15) is 24.2 Å². The molecule has 0 saturated carbocycles. The van der Waals surface area contributed by atoms with Crippen molar-refractivity contribution < 1.29 is 9.53 Å². The van der Waals surface area contributed by atoms with Crippen LogP contribution in [0.2, 0.25) is 0 Å². The van der Waals surface area contributed by atoms with Crippen LogP contribution in [0.15, 0.2) is 18.2 Å². The van der Waals surface area contributed by atoms with Crippen molar-refractivity contribution in [3.8, 4) is 6.07 Å². The van der Waals surface area contributed by atoms with Crippen LogP contribution in [0.25, 0.3) is 0 Å². The molecule has 1 aromatic carbocycles. The number of ether oxygens (including phenoxy) is 1. The van der Waals surface area contributed by atoms with Crippen LogP contribution >= 0.6 is 0 Å². The zero-order chi connectivity index (χ0) is 10.8. The second-order valence-electron chi connectivity index (χ2n) is 3.39. The maximum absolute atomic E-state index is 10.6. The molecule has 2 unspecified atom stereocenters. The summed E-state index contributed by atoms with van der Waals surface area (Å²) in [5.41, 5.74) is 2.35. The Bertz CT molecular complexity index is 437. The van der Waals surface area contributed by atoms with Crippen molar-refractivity contribution in [2.24, 2.45) is 0 Å². The lowest BCUT2D eigenvalue weighted by Crippen LogP contribution is -2.31. The molecule has 4 nitrogen and oxygen atoms in total. The van der Waals surface area contributed by atoms with Crippen molar-refractivity contribution >= 4 is 12.0 Å². The van der Waals surface area contributed by atoms with Gasteiger partial charge in [0.1, 0.15) is 0 Å². The molecule has 76 valence electrons. The lowest BCUT2D eigenvalue weighted by Gasteiger charge is -2.28. The molecule has 0 amide bonds. The highest BCUT2D eigenvalue weighted by Gasteiger charge is 2.23. The van der Waals surface area contributed by atoms with Crippen LogP contribution in [0.4, 0.5) is 5.69 Å². The van der Waals surface area contributed by atoms with E-state index in [4.69, 9.17) is 10.00 Å². The summed E-state index contributed by atoms with van der Waals surface area (Å²) < 4.78 is 5.37. The van der Waals surface area contributed by atoms with Gasteiger partial charge in [0.25, 0.3) is 0 Å². The first kappa shape index (κ1) is 9.69. The summed E-state index contributed by atoms with van der Waals surface area (Å²) in [5.74, 6) is 0.